The van der Waals surface area contributed by atoms with Crippen LogP contribution >= 0.6 is 38.9 Å². The van der Waals surface area contributed by atoms with Crippen LogP contribution in [0.15, 0.2) is 46.3 Å². The highest BCUT2D eigenvalue weighted by molar-refractivity contribution is 9.10. The molecule has 0 aliphatic carbocycles. The van der Waals surface area contributed by atoms with Crippen molar-refractivity contribution in [1.29, 1.82) is 5.26 Å². The molecule has 0 aliphatic rings. The summed E-state index contributed by atoms with van der Waals surface area (Å²) in [4.78, 5) is 5.47. The highest BCUT2D eigenvalue weighted by Gasteiger charge is 2.17. The monoisotopic (exact) mass is 404 g/mol. The molecule has 3 aromatic rings. The lowest BCUT2D eigenvalue weighted by Crippen LogP contribution is -1.97. The highest BCUT2D eigenvalue weighted by atomic mass is 79.9. The van der Waals surface area contributed by atoms with Crippen LogP contribution < -0.4 is 4.74 Å². The molecule has 0 saturated heterocycles. The summed E-state index contributed by atoms with van der Waals surface area (Å²) >= 11 is 11.1. The second kappa shape index (κ2) is 6.71. The quantitative estimate of drug-likeness (QED) is 0.555. The minimum absolute atomic E-state index is 0.315. The van der Waals surface area contributed by atoms with Gasteiger partial charge in [0.05, 0.1) is 17.7 Å². The van der Waals surface area contributed by atoms with E-state index in [-0.39, 0.29) is 0 Å². The predicted molar refractivity (Wildman–Crippen MR) is 97.0 cm³/mol. The third-order valence-corrected chi connectivity index (χ3v) is 5.41. The van der Waals surface area contributed by atoms with Gasteiger partial charge in [-0.1, -0.05) is 23.7 Å². The summed E-state index contributed by atoms with van der Waals surface area (Å²) < 4.78 is 6.29. The summed E-state index contributed by atoms with van der Waals surface area (Å²) in [5.74, 6) is 0.315. The van der Waals surface area contributed by atoms with E-state index in [4.69, 9.17) is 16.3 Å². The average Bonchev–Trinajstić information content (AvgIpc) is 3.00. The van der Waals surface area contributed by atoms with E-state index in [1.807, 2.05) is 29.6 Å². The number of hydrogen-bond acceptors (Lipinski definition) is 4. The Bertz CT molecular complexity index is 900. The summed E-state index contributed by atoms with van der Waals surface area (Å²) in [7, 11) is 1.52. The second-order valence-corrected chi connectivity index (χ2v) is 6.86. The first-order valence-electron chi connectivity index (χ1n) is 6.62. The van der Waals surface area contributed by atoms with Gasteiger partial charge in [0.2, 0.25) is 5.88 Å². The summed E-state index contributed by atoms with van der Waals surface area (Å²) in [6.07, 6.45) is 0. The van der Waals surface area contributed by atoms with Gasteiger partial charge in [-0.3, -0.25) is 0 Å². The summed E-state index contributed by atoms with van der Waals surface area (Å²) in [6.45, 7) is 0. The Kier molecular flexibility index (Phi) is 4.67. The molecular formula is C17H10BrClN2OS. The lowest BCUT2D eigenvalue weighted by atomic mass is 10.0. The number of nitriles is 1. The molecule has 0 spiro atoms. The number of rotatable bonds is 3. The van der Waals surface area contributed by atoms with E-state index >= 15 is 0 Å². The van der Waals surface area contributed by atoms with Crippen LogP contribution in [-0.4, -0.2) is 12.1 Å². The molecule has 1 aromatic carbocycles. The molecule has 0 radical (unpaired) electrons. The molecule has 2 aromatic heterocycles. The number of ether oxygens (including phenoxy) is 1. The van der Waals surface area contributed by atoms with Crippen LogP contribution in [0.1, 0.15) is 5.56 Å². The Morgan fingerprint density at radius 2 is 2.00 bits per heavy atom. The molecule has 0 N–H and O–H groups in total. The van der Waals surface area contributed by atoms with Gasteiger partial charge in [0.15, 0.2) is 0 Å². The maximum absolute atomic E-state index is 9.52. The fourth-order valence-corrected chi connectivity index (χ4v) is 3.89. The van der Waals surface area contributed by atoms with Gasteiger partial charge in [-0.15, -0.1) is 11.3 Å². The molecule has 0 unspecified atom stereocenters. The Morgan fingerprint density at radius 3 is 2.57 bits per heavy atom. The summed E-state index contributed by atoms with van der Waals surface area (Å²) in [6, 6.07) is 13.4. The average molecular weight is 406 g/mol. The number of hydrogen-bond donors (Lipinski definition) is 0. The van der Waals surface area contributed by atoms with E-state index in [1.165, 1.54) is 7.11 Å². The zero-order valence-corrected chi connectivity index (χ0v) is 15.2. The van der Waals surface area contributed by atoms with E-state index in [2.05, 4.69) is 27.0 Å². The minimum Gasteiger partial charge on any atom is -0.480 e. The Hall–Kier alpha value is -1.87. The van der Waals surface area contributed by atoms with Crippen molar-refractivity contribution in [2.45, 2.75) is 0 Å². The van der Waals surface area contributed by atoms with Gasteiger partial charge < -0.3 is 4.74 Å². The molecule has 6 heteroatoms. The number of benzene rings is 1. The van der Waals surface area contributed by atoms with Crippen molar-refractivity contribution in [2.24, 2.45) is 0 Å². The number of halogens is 2. The largest absolute Gasteiger partial charge is 0.480 e. The van der Waals surface area contributed by atoms with Crippen molar-refractivity contribution in [3.05, 3.63) is 56.8 Å². The van der Waals surface area contributed by atoms with Crippen molar-refractivity contribution in [3.63, 3.8) is 0 Å². The summed E-state index contributed by atoms with van der Waals surface area (Å²) in [5, 5.41) is 12.1. The van der Waals surface area contributed by atoms with Gasteiger partial charge in [-0.05, 0) is 51.1 Å². The van der Waals surface area contributed by atoms with Crippen LogP contribution in [0.25, 0.3) is 21.7 Å². The molecule has 3 rings (SSSR count). The minimum atomic E-state index is 0.315. The number of pyridine rings is 1. The zero-order valence-electron chi connectivity index (χ0n) is 12.0. The van der Waals surface area contributed by atoms with Gasteiger partial charge >= 0.3 is 0 Å². The Labute approximate surface area is 151 Å². The molecule has 0 amide bonds. The standard InChI is InChI=1S/C17H10BrClN2OS/c1-22-17-13(9-20)12(10-2-4-11(19)5-3-10)8-15(21-17)16-14(18)6-7-23-16/h2-8H,1H3. The molecule has 0 saturated carbocycles. The molecule has 114 valence electrons. The van der Waals surface area contributed by atoms with Gasteiger partial charge in [0.25, 0.3) is 0 Å². The first-order valence-corrected chi connectivity index (χ1v) is 8.67. The van der Waals surface area contributed by atoms with Crippen molar-refractivity contribution in [2.75, 3.05) is 7.11 Å². The van der Waals surface area contributed by atoms with Crippen LogP contribution in [0, 0.1) is 11.3 Å². The maximum Gasteiger partial charge on any atom is 0.232 e. The second-order valence-electron chi connectivity index (χ2n) is 4.66. The molecule has 23 heavy (non-hydrogen) atoms. The predicted octanol–water partition coefficient (Wildman–Crippen LogP) is 5.77. The molecule has 0 fully saturated rings. The Morgan fingerprint density at radius 1 is 1.26 bits per heavy atom. The van der Waals surface area contributed by atoms with Crippen LogP contribution in [0.4, 0.5) is 0 Å². The number of methoxy groups -OCH3 is 1. The van der Waals surface area contributed by atoms with Crippen LogP contribution in [0.2, 0.25) is 5.02 Å². The lowest BCUT2D eigenvalue weighted by Gasteiger charge is -2.11. The third-order valence-electron chi connectivity index (χ3n) is 3.30. The molecule has 0 aliphatic heterocycles. The summed E-state index contributed by atoms with van der Waals surface area (Å²) in [5.41, 5.74) is 2.82. The zero-order chi connectivity index (χ0) is 16.4. The lowest BCUT2D eigenvalue weighted by molar-refractivity contribution is 0.397. The molecule has 0 atom stereocenters. The Balaban J connectivity index is 2.27. The normalized spacial score (nSPS) is 10.3. The van der Waals surface area contributed by atoms with E-state index in [0.29, 0.717) is 16.5 Å². The molecule has 0 bridgehead atoms. The van der Waals surface area contributed by atoms with Crippen molar-refractivity contribution < 1.29 is 4.74 Å². The van der Waals surface area contributed by atoms with E-state index in [9.17, 15) is 5.26 Å². The maximum atomic E-state index is 9.52. The molecule has 3 nitrogen and oxygen atoms in total. The van der Waals surface area contributed by atoms with Crippen molar-refractivity contribution in [1.82, 2.24) is 4.98 Å². The van der Waals surface area contributed by atoms with Crippen molar-refractivity contribution >= 4 is 38.9 Å². The first kappa shape index (κ1) is 16.0. The van der Waals surface area contributed by atoms with Crippen molar-refractivity contribution in [3.8, 4) is 33.6 Å². The number of nitrogens with zero attached hydrogens (tertiary/aromatic N) is 2. The van der Waals surface area contributed by atoms with Gasteiger partial charge in [-0.25, -0.2) is 4.98 Å². The first-order chi connectivity index (χ1) is 11.1. The number of aromatic nitrogens is 1. The van der Waals surface area contributed by atoms with E-state index in [0.717, 1.165) is 26.2 Å². The van der Waals surface area contributed by atoms with Crippen LogP contribution in [0.3, 0.4) is 0 Å². The molecule has 2 heterocycles. The SMILES string of the molecule is COc1nc(-c2sccc2Br)cc(-c2ccc(Cl)cc2)c1C#N. The highest BCUT2D eigenvalue weighted by Crippen LogP contribution is 2.38. The van der Waals surface area contributed by atoms with Crippen LogP contribution in [0.5, 0.6) is 5.88 Å². The third kappa shape index (κ3) is 3.11. The molecular weight excluding hydrogens is 396 g/mol. The van der Waals surface area contributed by atoms with Gasteiger partial charge in [0, 0.05) is 15.1 Å². The number of thiophene rings is 1. The smallest absolute Gasteiger partial charge is 0.232 e. The fraction of sp³-hybridized carbons (Fsp3) is 0.0588. The van der Waals surface area contributed by atoms with E-state index in [1.54, 1.807) is 23.5 Å². The van der Waals surface area contributed by atoms with Gasteiger partial charge in [-0.2, -0.15) is 5.26 Å². The van der Waals surface area contributed by atoms with Crippen LogP contribution in [-0.2, 0) is 0 Å². The fourth-order valence-electron chi connectivity index (χ4n) is 2.23. The van der Waals surface area contributed by atoms with Gasteiger partial charge in [0.1, 0.15) is 11.6 Å². The van der Waals surface area contributed by atoms with E-state index < -0.39 is 0 Å². The topological polar surface area (TPSA) is 45.9 Å².